The Morgan fingerprint density at radius 2 is 2.67 bits per heavy atom. The van der Waals surface area contributed by atoms with Crippen molar-refractivity contribution >= 4 is 17.0 Å². The monoisotopic (exact) mass is 147 g/mol. The Hall–Kier alpha value is -1.03. The second-order valence-corrected chi connectivity index (χ2v) is 1.49. The Balaban J connectivity index is 2.58. The molecule has 48 valence electrons. The van der Waals surface area contributed by atoms with Gasteiger partial charge < -0.3 is 9.26 Å². The SMILES string of the molecule is O=C(Cl)Oc1ccon1. The molecule has 9 heavy (non-hydrogen) atoms. The van der Waals surface area contributed by atoms with Crippen molar-refractivity contribution in [2.45, 2.75) is 0 Å². The van der Waals surface area contributed by atoms with E-state index in [1.807, 2.05) is 0 Å². The summed E-state index contributed by atoms with van der Waals surface area (Å²) in [6, 6.07) is 1.38. The first-order valence-electron chi connectivity index (χ1n) is 2.07. The predicted molar refractivity (Wildman–Crippen MR) is 28.4 cm³/mol. The number of ether oxygens (including phenoxy) is 1. The summed E-state index contributed by atoms with van der Waals surface area (Å²) in [7, 11) is 0. The van der Waals surface area contributed by atoms with Crippen molar-refractivity contribution in [1.29, 1.82) is 0 Å². The molecule has 1 heterocycles. The molecule has 0 N–H and O–H groups in total. The molecule has 4 nitrogen and oxygen atoms in total. The van der Waals surface area contributed by atoms with Crippen molar-refractivity contribution in [3.8, 4) is 5.88 Å². The van der Waals surface area contributed by atoms with Crippen LogP contribution >= 0.6 is 11.6 Å². The van der Waals surface area contributed by atoms with Gasteiger partial charge in [-0.25, -0.2) is 4.79 Å². The number of carbonyl (C=O) groups excluding carboxylic acids is 1. The molecule has 0 radical (unpaired) electrons. The molecule has 0 amide bonds. The predicted octanol–water partition coefficient (Wildman–Crippen LogP) is 1.41. The van der Waals surface area contributed by atoms with Crippen LogP contribution in [0.25, 0.3) is 0 Å². The maximum absolute atomic E-state index is 9.97. The van der Waals surface area contributed by atoms with E-state index in [0.29, 0.717) is 0 Å². The maximum Gasteiger partial charge on any atom is 0.410 e. The normalized spacial score (nSPS) is 9.00. The molecule has 0 aromatic carbocycles. The zero-order valence-corrected chi connectivity index (χ0v) is 4.96. The van der Waals surface area contributed by atoms with Crippen molar-refractivity contribution < 1.29 is 14.1 Å². The van der Waals surface area contributed by atoms with Crippen molar-refractivity contribution in [1.82, 2.24) is 5.16 Å². The zero-order valence-electron chi connectivity index (χ0n) is 4.20. The van der Waals surface area contributed by atoms with Crippen molar-refractivity contribution in [2.24, 2.45) is 0 Å². The van der Waals surface area contributed by atoms with Gasteiger partial charge in [0.2, 0.25) is 0 Å². The second kappa shape index (κ2) is 2.50. The molecular weight excluding hydrogens is 146 g/mol. The molecule has 5 heteroatoms. The van der Waals surface area contributed by atoms with Gasteiger partial charge in [-0.05, 0) is 5.16 Å². The first-order chi connectivity index (χ1) is 4.29. The van der Waals surface area contributed by atoms with Gasteiger partial charge in [-0.2, -0.15) is 0 Å². The van der Waals surface area contributed by atoms with E-state index in [0.717, 1.165) is 0 Å². The molecule has 0 saturated heterocycles. The highest BCUT2D eigenvalue weighted by molar-refractivity contribution is 6.61. The van der Waals surface area contributed by atoms with Crippen LogP contribution in [0.5, 0.6) is 5.88 Å². The van der Waals surface area contributed by atoms with Gasteiger partial charge in [0.05, 0.1) is 0 Å². The minimum absolute atomic E-state index is 0.0648. The third-order valence-electron chi connectivity index (χ3n) is 0.599. The van der Waals surface area contributed by atoms with Gasteiger partial charge in [-0.15, -0.1) is 0 Å². The van der Waals surface area contributed by atoms with E-state index in [-0.39, 0.29) is 5.88 Å². The molecule has 0 aliphatic rings. The Morgan fingerprint density at radius 1 is 1.89 bits per heavy atom. The fourth-order valence-electron chi connectivity index (χ4n) is 0.336. The summed E-state index contributed by atoms with van der Waals surface area (Å²) in [4.78, 5) is 9.97. The summed E-state index contributed by atoms with van der Waals surface area (Å²) in [5, 5.41) is 3.25. The van der Waals surface area contributed by atoms with Crippen LogP contribution in [0.4, 0.5) is 4.79 Å². The average Bonchev–Trinajstić information content (AvgIpc) is 2.15. The smallest absolute Gasteiger partial charge is 0.392 e. The van der Waals surface area contributed by atoms with Gasteiger partial charge in [-0.3, -0.25) is 0 Å². The minimum Gasteiger partial charge on any atom is -0.392 e. The highest BCUT2D eigenvalue weighted by atomic mass is 35.5. The van der Waals surface area contributed by atoms with E-state index in [1.165, 1.54) is 12.3 Å². The average molecular weight is 148 g/mol. The largest absolute Gasteiger partial charge is 0.410 e. The van der Waals surface area contributed by atoms with Gasteiger partial charge >= 0.3 is 5.43 Å². The first kappa shape index (κ1) is 6.10. The third kappa shape index (κ3) is 1.73. The van der Waals surface area contributed by atoms with E-state index in [1.54, 1.807) is 0 Å². The van der Waals surface area contributed by atoms with E-state index < -0.39 is 5.43 Å². The fraction of sp³-hybridized carbons (Fsp3) is 0. The van der Waals surface area contributed by atoms with Crippen molar-refractivity contribution in [2.75, 3.05) is 0 Å². The fourth-order valence-corrected chi connectivity index (χ4v) is 0.415. The zero-order chi connectivity index (χ0) is 6.69. The summed E-state index contributed by atoms with van der Waals surface area (Å²) in [5.41, 5.74) is -0.927. The number of nitrogens with zero attached hydrogens (tertiary/aromatic N) is 1. The molecular formula is C4H2ClNO3. The van der Waals surface area contributed by atoms with Gasteiger partial charge in [0.25, 0.3) is 5.88 Å². The number of halogens is 1. The molecule has 0 atom stereocenters. The number of hydrogen-bond donors (Lipinski definition) is 0. The number of aromatic nitrogens is 1. The molecule has 0 aliphatic heterocycles. The molecule has 0 bridgehead atoms. The van der Waals surface area contributed by atoms with Crippen LogP contribution in [0.2, 0.25) is 0 Å². The molecule has 0 aliphatic carbocycles. The van der Waals surface area contributed by atoms with Crippen LogP contribution in [-0.2, 0) is 0 Å². The number of carbonyl (C=O) groups is 1. The molecule has 0 unspecified atom stereocenters. The topological polar surface area (TPSA) is 52.3 Å². The van der Waals surface area contributed by atoms with E-state index >= 15 is 0 Å². The van der Waals surface area contributed by atoms with E-state index in [4.69, 9.17) is 11.6 Å². The lowest BCUT2D eigenvalue weighted by Crippen LogP contribution is -1.95. The lowest BCUT2D eigenvalue weighted by molar-refractivity contribution is 0.221. The minimum atomic E-state index is -0.927. The van der Waals surface area contributed by atoms with Gasteiger partial charge in [-0.1, -0.05) is 0 Å². The molecule has 1 rings (SSSR count). The van der Waals surface area contributed by atoms with Crippen LogP contribution in [0.15, 0.2) is 16.9 Å². The van der Waals surface area contributed by atoms with Crippen molar-refractivity contribution in [3.63, 3.8) is 0 Å². The highest BCUT2D eigenvalue weighted by Gasteiger charge is 2.00. The maximum atomic E-state index is 9.97. The van der Waals surface area contributed by atoms with Crippen LogP contribution in [-0.4, -0.2) is 10.6 Å². The van der Waals surface area contributed by atoms with Gasteiger partial charge in [0.15, 0.2) is 0 Å². The van der Waals surface area contributed by atoms with Crippen LogP contribution in [0.1, 0.15) is 0 Å². The second-order valence-electron chi connectivity index (χ2n) is 1.18. The first-order valence-corrected chi connectivity index (χ1v) is 2.44. The lowest BCUT2D eigenvalue weighted by atomic mass is 10.7. The summed E-state index contributed by atoms with van der Waals surface area (Å²) in [5.74, 6) is 0.0648. The summed E-state index contributed by atoms with van der Waals surface area (Å²) < 4.78 is 8.61. The molecule has 0 spiro atoms. The summed E-state index contributed by atoms with van der Waals surface area (Å²) in [6.45, 7) is 0. The Morgan fingerprint density at radius 3 is 3.11 bits per heavy atom. The molecule has 0 saturated carbocycles. The quantitative estimate of drug-likeness (QED) is 0.564. The number of rotatable bonds is 1. The Labute approximate surface area is 55.3 Å². The lowest BCUT2D eigenvalue weighted by Gasteiger charge is -1.86. The van der Waals surface area contributed by atoms with Crippen LogP contribution in [0.3, 0.4) is 0 Å². The third-order valence-corrected chi connectivity index (χ3v) is 0.676. The molecule has 0 fully saturated rings. The van der Waals surface area contributed by atoms with Crippen molar-refractivity contribution in [3.05, 3.63) is 12.3 Å². The Kier molecular flexibility index (Phi) is 1.69. The standard InChI is InChI=1S/C4H2ClNO3/c5-4(7)9-3-1-2-8-6-3/h1-2H. The van der Waals surface area contributed by atoms with Crippen LogP contribution < -0.4 is 4.74 Å². The van der Waals surface area contributed by atoms with E-state index in [2.05, 4.69) is 14.4 Å². The number of hydrogen-bond acceptors (Lipinski definition) is 4. The van der Waals surface area contributed by atoms with E-state index in [9.17, 15) is 4.79 Å². The summed E-state index contributed by atoms with van der Waals surface area (Å²) >= 11 is 4.83. The highest BCUT2D eigenvalue weighted by Crippen LogP contribution is 2.05. The summed E-state index contributed by atoms with van der Waals surface area (Å²) in [6.07, 6.45) is 1.27. The van der Waals surface area contributed by atoms with Crippen LogP contribution in [0, 0.1) is 0 Å². The molecule has 1 aromatic rings. The Bertz CT molecular complexity index is 196. The van der Waals surface area contributed by atoms with Gasteiger partial charge in [0, 0.05) is 17.7 Å². The van der Waals surface area contributed by atoms with Gasteiger partial charge in [0.1, 0.15) is 6.26 Å². The molecule has 1 aromatic heterocycles.